The Labute approximate surface area is 159 Å². The standard InChI is InChI=1S/C22H22N4O/c1-15-6-5-7-17(10-15)13-23-21-12-19(24-14-25-21)22(27)26-16(2)11-18-8-3-4-9-20(18)26/h3-10,12,14,16H,11,13H2,1-2H3,(H,23,24,25). The predicted molar refractivity (Wildman–Crippen MR) is 107 cm³/mol. The lowest BCUT2D eigenvalue weighted by atomic mass is 10.1. The molecule has 5 nitrogen and oxygen atoms in total. The number of hydrogen-bond acceptors (Lipinski definition) is 4. The van der Waals surface area contributed by atoms with Gasteiger partial charge in [0, 0.05) is 24.3 Å². The summed E-state index contributed by atoms with van der Waals surface area (Å²) in [4.78, 5) is 23.4. The molecular weight excluding hydrogens is 336 g/mol. The Bertz CT molecular complexity index is 985. The number of nitrogens with zero attached hydrogens (tertiary/aromatic N) is 3. The number of carbonyl (C=O) groups excluding carboxylic acids is 1. The minimum Gasteiger partial charge on any atom is -0.366 e. The lowest BCUT2D eigenvalue weighted by Crippen LogP contribution is -2.36. The van der Waals surface area contributed by atoms with E-state index in [4.69, 9.17) is 0 Å². The number of carbonyl (C=O) groups is 1. The summed E-state index contributed by atoms with van der Waals surface area (Å²) in [6.45, 7) is 4.78. The number of rotatable bonds is 4. The van der Waals surface area contributed by atoms with Crippen molar-refractivity contribution in [3.05, 3.63) is 83.3 Å². The average Bonchev–Trinajstić information content (AvgIpc) is 3.02. The second kappa shape index (κ2) is 7.19. The Morgan fingerprint density at radius 2 is 2.00 bits per heavy atom. The molecule has 0 saturated carbocycles. The molecule has 0 aliphatic carbocycles. The van der Waals surface area contributed by atoms with E-state index < -0.39 is 0 Å². The third kappa shape index (κ3) is 3.53. The number of aromatic nitrogens is 2. The summed E-state index contributed by atoms with van der Waals surface area (Å²) >= 11 is 0. The maximum absolute atomic E-state index is 13.1. The fourth-order valence-electron chi connectivity index (χ4n) is 3.58. The molecule has 0 radical (unpaired) electrons. The van der Waals surface area contributed by atoms with Crippen LogP contribution < -0.4 is 10.2 Å². The van der Waals surface area contributed by atoms with Crippen LogP contribution in [0.5, 0.6) is 0 Å². The van der Waals surface area contributed by atoms with Crippen molar-refractivity contribution in [2.75, 3.05) is 10.2 Å². The molecule has 0 fully saturated rings. The van der Waals surface area contributed by atoms with E-state index in [0.717, 1.165) is 12.1 Å². The van der Waals surface area contributed by atoms with Gasteiger partial charge in [-0.15, -0.1) is 0 Å². The molecule has 1 atom stereocenters. The van der Waals surface area contributed by atoms with Gasteiger partial charge >= 0.3 is 0 Å². The van der Waals surface area contributed by atoms with Gasteiger partial charge in [-0.3, -0.25) is 4.79 Å². The third-order valence-electron chi connectivity index (χ3n) is 4.87. The van der Waals surface area contributed by atoms with Crippen molar-refractivity contribution in [1.82, 2.24) is 9.97 Å². The molecule has 0 bridgehead atoms. The van der Waals surface area contributed by atoms with E-state index in [1.165, 1.54) is 23.0 Å². The number of benzene rings is 2. The van der Waals surface area contributed by atoms with Crippen LogP contribution in [0.15, 0.2) is 60.9 Å². The van der Waals surface area contributed by atoms with Gasteiger partial charge in [-0.25, -0.2) is 9.97 Å². The van der Waals surface area contributed by atoms with Crippen LogP contribution in [0.25, 0.3) is 0 Å². The molecule has 27 heavy (non-hydrogen) atoms. The van der Waals surface area contributed by atoms with Crippen molar-refractivity contribution in [1.29, 1.82) is 0 Å². The van der Waals surface area contributed by atoms with E-state index in [1.54, 1.807) is 6.07 Å². The number of para-hydroxylation sites is 1. The molecule has 0 saturated heterocycles. The van der Waals surface area contributed by atoms with Gasteiger partial charge in [-0.05, 0) is 37.5 Å². The fraction of sp³-hybridized carbons (Fsp3) is 0.227. The molecular formula is C22H22N4O. The van der Waals surface area contributed by atoms with E-state index in [-0.39, 0.29) is 11.9 Å². The minimum atomic E-state index is -0.0894. The lowest BCUT2D eigenvalue weighted by molar-refractivity contribution is 0.0976. The predicted octanol–water partition coefficient (Wildman–Crippen LogP) is 3.99. The van der Waals surface area contributed by atoms with Crippen molar-refractivity contribution in [3.63, 3.8) is 0 Å². The first-order valence-corrected chi connectivity index (χ1v) is 9.15. The van der Waals surface area contributed by atoms with E-state index >= 15 is 0 Å². The van der Waals surface area contributed by atoms with Crippen LogP contribution in [0.4, 0.5) is 11.5 Å². The van der Waals surface area contributed by atoms with Crippen LogP contribution in [0.3, 0.4) is 0 Å². The molecule has 3 aromatic rings. The van der Waals surface area contributed by atoms with Crippen molar-refractivity contribution in [2.24, 2.45) is 0 Å². The summed E-state index contributed by atoms with van der Waals surface area (Å²) in [5, 5.41) is 3.28. The normalized spacial score (nSPS) is 15.5. The van der Waals surface area contributed by atoms with Gasteiger partial charge in [-0.2, -0.15) is 0 Å². The maximum Gasteiger partial charge on any atom is 0.277 e. The third-order valence-corrected chi connectivity index (χ3v) is 4.87. The molecule has 1 aromatic heterocycles. The molecule has 1 aliphatic rings. The zero-order valence-electron chi connectivity index (χ0n) is 15.5. The summed E-state index contributed by atoms with van der Waals surface area (Å²) in [5.74, 6) is 0.559. The number of anilines is 2. The second-order valence-corrected chi connectivity index (χ2v) is 6.99. The number of amides is 1. The molecule has 2 heterocycles. The minimum absolute atomic E-state index is 0.0894. The quantitative estimate of drug-likeness (QED) is 0.766. The molecule has 1 unspecified atom stereocenters. The monoisotopic (exact) mass is 358 g/mol. The van der Waals surface area contributed by atoms with Crippen molar-refractivity contribution in [3.8, 4) is 0 Å². The zero-order valence-corrected chi connectivity index (χ0v) is 15.5. The summed E-state index contributed by atoms with van der Waals surface area (Å²) in [6.07, 6.45) is 2.31. The molecule has 1 N–H and O–H groups in total. The maximum atomic E-state index is 13.1. The Hall–Kier alpha value is -3.21. The van der Waals surface area contributed by atoms with Crippen molar-refractivity contribution >= 4 is 17.4 Å². The molecule has 1 aliphatic heterocycles. The average molecular weight is 358 g/mol. The topological polar surface area (TPSA) is 58.1 Å². The van der Waals surface area contributed by atoms with Crippen LogP contribution in [-0.2, 0) is 13.0 Å². The molecule has 5 heteroatoms. The lowest BCUT2D eigenvalue weighted by Gasteiger charge is -2.22. The van der Waals surface area contributed by atoms with Gasteiger partial charge in [0.05, 0.1) is 0 Å². The van der Waals surface area contributed by atoms with E-state index in [0.29, 0.717) is 18.1 Å². The number of nitrogens with one attached hydrogen (secondary N) is 1. The highest BCUT2D eigenvalue weighted by atomic mass is 16.2. The van der Waals surface area contributed by atoms with Crippen LogP contribution in [-0.4, -0.2) is 21.9 Å². The van der Waals surface area contributed by atoms with Crippen LogP contribution >= 0.6 is 0 Å². The van der Waals surface area contributed by atoms with Gasteiger partial charge < -0.3 is 10.2 Å². The van der Waals surface area contributed by atoms with Crippen LogP contribution in [0, 0.1) is 6.92 Å². The van der Waals surface area contributed by atoms with Crippen LogP contribution in [0.1, 0.15) is 34.1 Å². The largest absolute Gasteiger partial charge is 0.366 e. The molecule has 2 aromatic carbocycles. The van der Waals surface area contributed by atoms with Crippen molar-refractivity contribution in [2.45, 2.75) is 32.9 Å². The summed E-state index contributed by atoms with van der Waals surface area (Å²) in [5.41, 5.74) is 4.96. The van der Waals surface area contributed by atoms with Gasteiger partial charge in [0.25, 0.3) is 5.91 Å². The smallest absolute Gasteiger partial charge is 0.277 e. The number of hydrogen-bond donors (Lipinski definition) is 1. The molecule has 0 spiro atoms. The highest BCUT2D eigenvalue weighted by molar-refractivity contribution is 6.06. The molecule has 136 valence electrons. The Morgan fingerprint density at radius 3 is 2.85 bits per heavy atom. The number of aryl methyl sites for hydroxylation is 1. The first-order chi connectivity index (χ1) is 13.1. The van der Waals surface area contributed by atoms with E-state index in [1.807, 2.05) is 29.2 Å². The molecule has 1 amide bonds. The first kappa shape index (κ1) is 17.2. The summed E-state index contributed by atoms with van der Waals surface area (Å²) in [6, 6.07) is 18.2. The number of fused-ring (bicyclic) bond motifs is 1. The summed E-state index contributed by atoms with van der Waals surface area (Å²) < 4.78 is 0. The SMILES string of the molecule is Cc1cccc(CNc2cc(C(=O)N3c4ccccc4CC3C)ncn2)c1. The highest BCUT2D eigenvalue weighted by Crippen LogP contribution is 2.32. The van der Waals surface area contributed by atoms with Crippen LogP contribution in [0.2, 0.25) is 0 Å². The van der Waals surface area contributed by atoms with Gasteiger partial charge in [-0.1, -0.05) is 48.0 Å². The highest BCUT2D eigenvalue weighted by Gasteiger charge is 2.31. The van der Waals surface area contributed by atoms with E-state index in [9.17, 15) is 4.79 Å². The van der Waals surface area contributed by atoms with Gasteiger partial charge in [0.2, 0.25) is 0 Å². The second-order valence-electron chi connectivity index (χ2n) is 6.99. The Morgan fingerprint density at radius 1 is 1.15 bits per heavy atom. The van der Waals surface area contributed by atoms with Crippen molar-refractivity contribution < 1.29 is 4.79 Å². The van der Waals surface area contributed by atoms with Gasteiger partial charge in [0.15, 0.2) is 0 Å². The fourth-order valence-corrected chi connectivity index (χ4v) is 3.58. The van der Waals surface area contributed by atoms with E-state index in [2.05, 4.69) is 53.4 Å². The first-order valence-electron chi connectivity index (χ1n) is 9.15. The Kier molecular flexibility index (Phi) is 4.59. The Balaban J connectivity index is 1.53. The summed E-state index contributed by atoms with van der Waals surface area (Å²) in [7, 11) is 0. The molecule has 4 rings (SSSR count). The zero-order chi connectivity index (χ0) is 18.8. The van der Waals surface area contributed by atoms with Gasteiger partial charge in [0.1, 0.15) is 17.8 Å².